The van der Waals surface area contributed by atoms with Gasteiger partial charge in [-0.3, -0.25) is 22.8 Å². The number of aromatic nitrogens is 15. The molecule has 27 heteroatoms. The van der Waals surface area contributed by atoms with E-state index >= 15 is 0 Å². The highest BCUT2D eigenvalue weighted by Gasteiger charge is 2.20. The van der Waals surface area contributed by atoms with Crippen LogP contribution in [0.25, 0.3) is 189 Å². The Kier molecular flexibility index (Phi) is 26.5. The van der Waals surface area contributed by atoms with E-state index in [2.05, 4.69) is 218 Å². The molecule has 0 atom stereocenters. The number of methoxy groups -OCH3 is 1. The Labute approximate surface area is 832 Å². The molecular formula is C115H81F4N15O3S5. The number of ether oxygens (including phenoxy) is 1. The maximum absolute atomic E-state index is 13.8. The number of thiazole rings is 5. The number of nitrogens with zero attached hydrogens (tertiary/aromatic N) is 15. The number of benzene rings is 15. The molecule has 2 N–H and O–H groups in total. The Hall–Kier alpha value is -16.8. The molecule has 0 fully saturated rings. The largest absolute Gasteiger partial charge is 0.494 e. The smallest absolute Gasteiger partial charge is 0.165 e. The second kappa shape index (κ2) is 41.1. The number of imidazole rings is 5. The number of hydrogen-bond acceptors (Lipinski definition) is 18. The molecule has 10 heterocycles. The summed E-state index contributed by atoms with van der Waals surface area (Å²) in [6, 6.07) is 109. The maximum atomic E-state index is 13.8. The number of aliphatic hydroxyl groups excluding tert-OH is 2. The molecule has 0 aliphatic rings. The van der Waals surface area contributed by atoms with Crippen molar-refractivity contribution in [2.24, 2.45) is 0 Å². The third kappa shape index (κ3) is 20.0. The van der Waals surface area contributed by atoms with E-state index in [1.807, 2.05) is 176 Å². The fraction of sp³-hybridized carbons (Fsp3) is 0.0435. The summed E-state index contributed by atoms with van der Waals surface area (Å²) in [7, 11) is 1.44. The van der Waals surface area contributed by atoms with E-state index in [-0.39, 0.29) is 36.4 Å². The van der Waals surface area contributed by atoms with Crippen molar-refractivity contribution >= 4 is 108 Å². The highest BCUT2D eigenvalue weighted by molar-refractivity contribution is 7.23. The van der Waals surface area contributed by atoms with Gasteiger partial charge in [-0.25, -0.2) is 67.4 Å². The number of halogens is 4. The van der Waals surface area contributed by atoms with Crippen molar-refractivity contribution in [3.63, 3.8) is 0 Å². The van der Waals surface area contributed by atoms with Gasteiger partial charge in [-0.15, -0.1) is 56.7 Å². The lowest BCUT2D eigenvalue weighted by molar-refractivity contribution is 0.282. The van der Waals surface area contributed by atoms with Crippen LogP contribution in [0.2, 0.25) is 0 Å². The summed E-state index contributed by atoms with van der Waals surface area (Å²) in [6.45, 7) is 4.27. The zero-order valence-corrected chi connectivity index (χ0v) is 80.2. The van der Waals surface area contributed by atoms with E-state index in [0.717, 1.165) is 200 Å². The normalized spacial score (nSPS) is 11.2. The van der Waals surface area contributed by atoms with Crippen molar-refractivity contribution in [2.45, 2.75) is 27.1 Å². The van der Waals surface area contributed by atoms with Crippen LogP contribution in [0, 0.1) is 37.1 Å². The summed E-state index contributed by atoms with van der Waals surface area (Å²) < 4.78 is 74.1. The van der Waals surface area contributed by atoms with Crippen molar-refractivity contribution in [1.82, 2.24) is 72.7 Å². The van der Waals surface area contributed by atoms with Crippen molar-refractivity contribution in [3.8, 4) is 143 Å². The molecule has 0 spiro atoms. The van der Waals surface area contributed by atoms with Crippen molar-refractivity contribution in [2.75, 3.05) is 7.11 Å². The van der Waals surface area contributed by atoms with Crippen LogP contribution >= 0.6 is 56.7 Å². The molecule has 0 saturated heterocycles. The van der Waals surface area contributed by atoms with Crippen LogP contribution in [-0.4, -0.2) is 90.0 Å². The molecule has 18 nitrogen and oxygen atoms in total. The fourth-order valence-corrected chi connectivity index (χ4v) is 21.4. The molecule has 0 aliphatic heterocycles. The number of hydrogen-bond donors (Lipinski definition) is 2. The Morgan fingerprint density at radius 1 is 0.254 bits per heavy atom. The Balaban J connectivity index is 0.000000105. The highest BCUT2D eigenvalue weighted by atomic mass is 32.1. The van der Waals surface area contributed by atoms with Crippen LogP contribution in [-0.2, 0) is 13.2 Å². The summed E-state index contributed by atoms with van der Waals surface area (Å²) in [5.41, 5.74) is 29.2. The van der Waals surface area contributed by atoms with Gasteiger partial charge in [-0.2, -0.15) is 0 Å². The van der Waals surface area contributed by atoms with Crippen LogP contribution in [0.5, 0.6) is 5.75 Å². The van der Waals surface area contributed by atoms with E-state index < -0.39 is 5.82 Å². The first kappa shape index (κ1) is 91.6. The maximum Gasteiger partial charge on any atom is 0.165 e. The number of fused-ring (bicyclic) bond motifs is 5. The topological polar surface area (TPSA) is 203 Å². The molecule has 25 aromatic rings. The second-order valence-electron chi connectivity index (χ2n) is 33.1. The average Bonchev–Trinajstić information content (AvgIpc) is 1.24. The van der Waals surface area contributed by atoms with Crippen LogP contribution in [0.4, 0.5) is 17.6 Å². The first-order chi connectivity index (χ1) is 69.6. The van der Waals surface area contributed by atoms with Gasteiger partial charge in [-0.05, 0) is 243 Å². The molecule has 0 amide bonds. The summed E-state index contributed by atoms with van der Waals surface area (Å²) >= 11 is 7.74. The molecule has 10 aromatic heterocycles. The monoisotopic (exact) mass is 1960 g/mol. The predicted octanol–water partition coefficient (Wildman–Crippen LogP) is 29.2. The predicted molar refractivity (Wildman–Crippen MR) is 566 cm³/mol. The van der Waals surface area contributed by atoms with Gasteiger partial charge in [0.15, 0.2) is 11.6 Å². The lowest BCUT2D eigenvalue weighted by Crippen LogP contribution is -1.96. The first-order valence-corrected chi connectivity index (χ1v) is 49.1. The first-order valence-electron chi connectivity index (χ1n) is 45.0. The van der Waals surface area contributed by atoms with Crippen LogP contribution < -0.4 is 4.74 Å². The summed E-state index contributed by atoms with van der Waals surface area (Å²) in [6.07, 6.45) is 18.3. The van der Waals surface area contributed by atoms with Gasteiger partial charge in [0, 0.05) is 84.1 Å². The molecule has 0 bridgehead atoms. The summed E-state index contributed by atoms with van der Waals surface area (Å²) in [5.74, 6) is -0.961. The third-order valence-corrected chi connectivity index (χ3v) is 29.1. The quantitative estimate of drug-likeness (QED) is 0.0769. The Morgan fingerprint density at radius 3 is 0.761 bits per heavy atom. The van der Waals surface area contributed by atoms with Gasteiger partial charge < -0.3 is 14.9 Å². The number of aliphatic hydroxyl groups is 2. The van der Waals surface area contributed by atoms with Crippen LogP contribution in [0.3, 0.4) is 0 Å². The molecule has 0 saturated carbocycles. The van der Waals surface area contributed by atoms with Gasteiger partial charge in [0.05, 0.1) is 162 Å². The van der Waals surface area contributed by atoms with E-state index in [9.17, 15) is 27.8 Å². The van der Waals surface area contributed by atoms with E-state index in [0.29, 0.717) is 0 Å². The van der Waals surface area contributed by atoms with Gasteiger partial charge in [0.25, 0.3) is 0 Å². The molecule has 15 aromatic carbocycles. The van der Waals surface area contributed by atoms with Gasteiger partial charge in [-0.1, -0.05) is 132 Å². The van der Waals surface area contributed by atoms with Crippen molar-refractivity contribution in [1.29, 1.82) is 0 Å². The van der Waals surface area contributed by atoms with E-state index in [1.165, 1.54) is 94.7 Å². The molecule has 692 valence electrons. The minimum absolute atomic E-state index is 0.0477. The van der Waals surface area contributed by atoms with Gasteiger partial charge >= 0.3 is 0 Å². The molecule has 142 heavy (non-hydrogen) atoms. The van der Waals surface area contributed by atoms with E-state index in [4.69, 9.17) is 14.7 Å². The highest BCUT2D eigenvalue weighted by Crippen LogP contribution is 2.41. The zero-order valence-electron chi connectivity index (χ0n) is 76.1. The second-order valence-corrected chi connectivity index (χ2v) is 38.3. The summed E-state index contributed by atoms with van der Waals surface area (Å²) in [4.78, 5) is 44.9. The molecular weight excluding hydrogens is 1880 g/mol. The van der Waals surface area contributed by atoms with Gasteiger partial charge in [0.1, 0.15) is 42.5 Å². The number of aryl methyl sites for hydroxylation is 2. The summed E-state index contributed by atoms with van der Waals surface area (Å²) in [5, 5.41) is 23.2. The van der Waals surface area contributed by atoms with E-state index in [1.54, 1.807) is 65.5 Å². The third-order valence-electron chi connectivity index (χ3n) is 23.8. The van der Waals surface area contributed by atoms with Crippen molar-refractivity contribution in [3.05, 3.63) is 448 Å². The van der Waals surface area contributed by atoms with Crippen molar-refractivity contribution < 1.29 is 32.5 Å². The number of rotatable bonds is 18. The zero-order chi connectivity index (χ0) is 96.7. The van der Waals surface area contributed by atoms with Gasteiger partial charge in [0.2, 0.25) is 0 Å². The molecule has 0 aliphatic carbocycles. The average molecular weight is 1960 g/mol. The minimum atomic E-state index is -0.410. The Bertz CT molecular complexity index is 8740. The lowest BCUT2D eigenvalue weighted by Gasteiger charge is -2.10. The minimum Gasteiger partial charge on any atom is -0.494 e. The lowest BCUT2D eigenvalue weighted by atomic mass is 10.1. The molecule has 0 unspecified atom stereocenters. The van der Waals surface area contributed by atoms with Crippen LogP contribution in [0.15, 0.2) is 402 Å². The SMILES string of the molecule is COc1cc(-c2cncn2-c2ccc(-c3nc4ccc(F)cc4s3)cc2)ccc1F.Cc1ccc(-c2cncn2-c2ccc(-c3nc4ccc(CO)cc4s3)cc2)cc1.Cc1ccc(-c2cncn2-c2ccc(-c3nc4ccc(F)cc4s3)cc2)cc1.Fc1ccc2nc(-c3ccc(-n4cncc4-c4ccccc4)cc3)sc2c1.OCc1ccc2nc(-c3ccc(-n4cncc4-c4ccccc4)cc3)sc2c1. The van der Waals surface area contributed by atoms with Crippen LogP contribution in [0.1, 0.15) is 22.3 Å². The Morgan fingerprint density at radius 2 is 0.493 bits per heavy atom. The molecule has 25 rings (SSSR count). The standard InChI is InChI=1S/C24H19N3OS.C23H15F2N3OS.C23H16FN3S.C23H17N3OS.C22H14FN3S/c1-16-2-5-18(6-3-16)22-13-25-15-27(22)20-9-7-19(8-10-20)24-26-21-11-4-17(14-28)12-23(21)29-24;1-29-21-10-15(4-8-18(21)25)20-12-26-13-28(20)17-6-2-14(3-7-17)23-27-19-9-5-16(24)11-22(19)30-23;1-15-2-4-16(5-3-15)21-13-25-14-27(21)19-9-6-17(7-10-19)23-26-20-11-8-18(24)12-22(20)28-23;27-14-16-6-11-20-22(12-16)28-23(25-20)18-7-9-19(10-8-18)26-15-24-13-21(26)17-4-2-1-3-5-17;23-17-8-11-19-21(12-17)27-22(25-19)16-6-9-18(10-7-16)26-14-24-13-20(26)15-4-2-1-3-5-15/h2-13,15,28H,14H2,1H3;2-13H,1H3;2-14H,1H3;1-13,15,27H,14H2;1-14H. The fourth-order valence-electron chi connectivity index (χ4n) is 16.3. The molecule has 0 radical (unpaired) electrons.